The third kappa shape index (κ3) is 8.57. The molecule has 1 N–H and O–H groups in total. The highest BCUT2D eigenvalue weighted by Crippen LogP contribution is 2.47. The Balaban J connectivity index is 1.40. The van der Waals surface area contributed by atoms with Gasteiger partial charge in [0.25, 0.3) is 0 Å². The van der Waals surface area contributed by atoms with E-state index in [2.05, 4.69) is 50.8 Å². The first-order valence-corrected chi connectivity index (χ1v) is 13.8. The van der Waals surface area contributed by atoms with Crippen LogP contribution in [0.15, 0.2) is 60.3 Å². The number of carbonyl (C=O) groups excluding carboxylic acids is 1. The highest BCUT2D eigenvalue weighted by atomic mass is 16.5. The summed E-state index contributed by atoms with van der Waals surface area (Å²) in [5, 5.41) is 10.9. The zero-order valence-corrected chi connectivity index (χ0v) is 22.0. The lowest BCUT2D eigenvalue weighted by atomic mass is 9.91. The molecule has 1 fully saturated rings. The van der Waals surface area contributed by atoms with Gasteiger partial charge in [0.15, 0.2) is 0 Å². The molecule has 0 spiro atoms. The lowest BCUT2D eigenvalue weighted by Crippen LogP contribution is -2.26. The zero-order valence-electron chi connectivity index (χ0n) is 22.0. The molecule has 5 heteroatoms. The lowest BCUT2D eigenvalue weighted by molar-refractivity contribution is -0.143. The summed E-state index contributed by atoms with van der Waals surface area (Å²) in [6.07, 6.45) is 21.1. The Bertz CT molecular complexity index is 883. The van der Waals surface area contributed by atoms with Crippen LogP contribution in [0.5, 0.6) is 0 Å². The predicted molar refractivity (Wildman–Crippen MR) is 142 cm³/mol. The monoisotopic (exact) mass is 496 g/mol. The van der Waals surface area contributed by atoms with Crippen LogP contribution in [0.1, 0.15) is 71.6 Å². The Morgan fingerprint density at radius 1 is 1.14 bits per heavy atom. The lowest BCUT2D eigenvalue weighted by Gasteiger charge is -2.28. The molecular formula is C31H44O5. The van der Waals surface area contributed by atoms with Crippen molar-refractivity contribution in [3.63, 3.8) is 0 Å². The fourth-order valence-corrected chi connectivity index (χ4v) is 5.90. The van der Waals surface area contributed by atoms with E-state index in [9.17, 15) is 9.90 Å². The molecule has 1 aliphatic carbocycles. The van der Waals surface area contributed by atoms with Gasteiger partial charge in [-0.05, 0) is 76.0 Å². The molecule has 3 aliphatic heterocycles. The number of rotatable bonds is 3. The molecule has 0 aromatic carbocycles. The summed E-state index contributed by atoms with van der Waals surface area (Å²) in [6, 6.07) is 0. The summed E-state index contributed by atoms with van der Waals surface area (Å²) in [5.74, 6) is 0.801. The molecule has 0 unspecified atom stereocenters. The van der Waals surface area contributed by atoms with Crippen LogP contribution in [0.4, 0.5) is 0 Å². The smallest absolute Gasteiger partial charge is 0.330 e. The Morgan fingerprint density at radius 2 is 2.00 bits per heavy atom. The molecule has 0 radical (unpaired) electrons. The highest BCUT2D eigenvalue weighted by molar-refractivity contribution is 5.82. The van der Waals surface area contributed by atoms with E-state index >= 15 is 0 Å². The van der Waals surface area contributed by atoms with E-state index in [0.29, 0.717) is 37.7 Å². The summed E-state index contributed by atoms with van der Waals surface area (Å²) < 4.78 is 17.9. The summed E-state index contributed by atoms with van der Waals surface area (Å²) in [4.78, 5) is 12.7. The van der Waals surface area contributed by atoms with Crippen molar-refractivity contribution in [2.75, 3.05) is 6.61 Å². The first kappa shape index (κ1) is 27.1. The first-order valence-electron chi connectivity index (χ1n) is 13.8. The first-order chi connectivity index (χ1) is 17.4. The Labute approximate surface area is 217 Å². The molecule has 0 amide bonds. The molecule has 198 valence electrons. The molecule has 0 aromatic heterocycles. The van der Waals surface area contributed by atoms with E-state index in [1.807, 2.05) is 6.08 Å². The van der Waals surface area contributed by atoms with Crippen molar-refractivity contribution in [1.29, 1.82) is 0 Å². The van der Waals surface area contributed by atoms with Gasteiger partial charge in [0, 0.05) is 12.5 Å². The van der Waals surface area contributed by atoms with Crippen molar-refractivity contribution in [3.05, 3.63) is 60.3 Å². The van der Waals surface area contributed by atoms with Gasteiger partial charge in [-0.25, -0.2) is 4.79 Å². The van der Waals surface area contributed by atoms with E-state index < -0.39 is 0 Å². The third-order valence-corrected chi connectivity index (χ3v) is 7.87. The second kappa shape index (κ2) is 13.0. The zero-order chi connectivity index (χ0) is 25.5. The molecule has 5 nitrogen and oxygen atoms in total. The van der Waals surface area contributed by atoms with E-state index in [4.69, 9.17) is 14.2 Å². The number of ether oxygens (including phenoxy) is 3. The topological polar surface area (TPSA) is 65.0 Å². The van der Waals surface area contributed by atoms with Crippen LogP contribution in [0, 0.1) is 17.8 Å². The maximum atomic E-state index is 12.7. The Morgan fingerprint density at radius 3 is 2.83 bits per heavy atom. The maximum Gasteiger partial charge on any atom is 0.330 e. The fourth-order valence-electron chi connectivity index (χ4n) is 5.90. The van der Waals surface area contributed by atoms with Crippen molar-refractivity contribution in [3.8, 4) is 0 Å². The minimum absolute atomic E-state index is 0.0112. The van der Waals surface area contributed by atoms with Gasteiger partial charge in [0.05, 0.1) is 31.0 Å². The number of esters is 1. The Kier molecular flexibility index (Phi) is 9.80. The number of cyclic esters (lactones) is 1. The molecule has 1 saturated carbocycles. The normalized spacial score (nSPS) is 38.6. The molecule has 36 heavy (non-hydrogen) atoms. The molecule has 4 rings (SSSR count). The average molecular weight is 497 g/mol. The van der Waals surface area contributed by atoms with Gasteiger partial charge in [-0.15, -0.1) is 0 Å². The van der Waals surface area contributed by atoms with E-state index in [-0.39, 0.29) is 42.4 Å². The molecular weight excluding hydrogens is 452 g/mol. The van der Waals surface area contributed by atoms with Crippen LogP contribution in [0.3, 0.4) is 0 Å². The van der Waals surface area contributed by atoms with Gasteiger partial charge in [-0.1, -0.05) is 61.1 Å². The quantitative estimate of drug-likeness (QED) is 0.383. The standard InChI is InChI=1S/C31H44O5/c1-21-13-14-34-26(16-21)9-5-11-28-19-24-20-29(24)30(32)18-23(3)15-22(2)17-27-10-4-7-25(35-27)8-6-12-31(33)36-28/h4-7,9,12-13,22,24-30,32H,3,8,10-11,14-20H2,1-2H3/t22-,24+,25-,26+,27-,28+,29+,30-/m0/s1. The van der Waals surface area contributed by atoms with Gasteiger partial charge in [-0.2, -0.15) is 0 Å². The number of hydrogen-bond acceptors (Lipinski definition) is 5. The van der Waals surface area contributed by atoms with Crippen LogP contribution in [0.2, 0.25) is 0 Å². The number of carbonyl (C=O) groups is 1. The highest BCUT2D eigenvalue weighted by Gasteiger charge is 2.43. The van der Waals surface area contributed by atoms with Crippen LogP contribution in [0.25, 0.3) is 0 Å². The minimum atomic E-state index is -0.371. The van der Waals surface area contributed by atoms with Gasteiger partial charge in [-0.3, -0.25) is 0 Å². The molecule has 3 heterocycles. The van der Waals surface area contributed by atoms with Crippen molar-refractivity contribution in [1.82, 2.24) is 0 Å². The fraction of sp³-hybridized carbons (Fsp3) is 0.645. The van der Waals surface area contributed by atoms with Crippen molar-refractivity contribution < 1.29 is 24.1 Å². The van der Waals surface area contributed by atoms with E-state index in [0.717, 1.165) is 44.1 Å². The summed E-state index contributed by atoms with van der Waals surface area (Å²) in [5.41, 5.74) is 2.47. The Hall–Kier alpha value is -1.95. The summed E-state index contributed by atoms with van der Waals surface area (Å²) >= 11 is 0. The second-order valence-corrected chi connectivity index (χ2v) is 11.4. The van der Waals surface area contributed by atoms with Crippen molar-refractivity contribution in [2.24, 2.45) is 17.8 Å². The molecule has 0 saturated heterocycles. The molecule has 0 aromatic rings. The predicted octanol–water partition coefficient (Wildman–Crippen LogP) is 6.00. The maximum absolute atomic E-state index is 12.7. The SMILES string of the molecule is C=C1C[C@H](C)C[C@@H]2CC=C[C@@H](CC=CC(=O)O[C@H](CC=C[C@@H]3CC(C)=CCO3)C[C@@H]3C[C@H]3[C@@H](O)C1)O2. The van der Waals surface area contributed by atoms with Gasteiger partial charge >= 0.3 is 5.97 Å². The van der Waals surface area contributed by atoms with Gasteiger partial charge < -0.3 is 19.3 Å². The van der Waals surface area contributed by atoms with Crippen LogP contribution >= 0.6 is 0 Å². The van der Waals surface area contributed by atoms with Crippen LogP contribution in [-0.4, -0.2) is 48.2 Å². The van der Waals surface area contributed by atoms with Gasteiger partial charge in [0.2, 0.25) is 0 Å². The number of fused-ring (bicyclic) bond motifs is 3. The summed E-state index contributed by atoms with van der Waals surface area (Å²) in [6.45, 7) is 9.30. The van der Waals surface area contributed by atoms with Crippen LogP contribution in [-0.2, 0) is 19.0 Å². The van der Waals surface area contributed by atoms with Crippen molar-refractivity contribution >= 4 is 5.97 Å². The molecule has 2 bridgehead atoms. The number of hydrogen-bond donors (Lipinski definition) is 1. The molecule has 8 atom stereocenters. The number of aliphatic hydroxyl groups is 1. The largest absolute Gasteiger partial charge is 0.459 e. The third-order valence-electron chi connectivity index (χ3n) is 7.87. The van der Waals surface area contributed by atoms with Gasteiger partial charge in [0.1, 0.15) is 6.10 Å². The second-order valence-electron chi connectivity index (χ2n) is 11.4. The minimum Gasteiger partial charge on any atom is -0.459 e. The van der Waals surface area contributed by atoms with Crippen LogP contribution < -0.4 is 0 Å². The van der Waals surface area contributed by atoms with Crippen molar-refractivity contribution in [2.45, 2.75) is 102 Å². The van der Waals surface area contributed by atoms with E-state index in [1.165, 1.54) is 5.57 Å². The van der Waals surface area contributed by atoms with E-state index in [1.54, 1.807) is 6.08 Å². The number of aliphatic hydroxyl groups excluding tert-OH is 1. The molecule has 4 aliphatic rings. The average Bonchev–Trinajstić information content (AvgIpc) is 3.58. The summed E-state index contributed by atoms with van der Waals surface area (Å²) in [7, 11) is 0.